The number of nitrogens with zero attached hydrogens (tertiary/aromatic N) is 1. The molecule has 1 saturated heterocycles. The summed E-state index contributed by atoms with van der Waals surface area (Å²) in [6, 6.07) is 7.22. The first-order valence-corrected chi connectivity index (χ1v) is 8.55. The first-order valence-electron chi connectivity index (χ1n) is 8.55. The number of nitrogens with one attached hydrogen (secondary N) is 1. The SMILES string of the molecule is CCOc1ccccc1C(CC(=O)N1CCCC1CN)NC(C)=O.Cl. The van der Waals surface area contributed by atoms with Gasteiger partial charge in [-0.3, -0.25) is 9.59 Å². The molecule has 2 rings (SSSR count). The topological polar surface area (TPSA) is 84.7 Å². The number of carbonyl (C=O) groups is 2. The van der Waals surface area contributed by atoms with Gasteiger partial charge in [-0.05, 0) is 25.8 Å². The van der Waals surface area contributed by atoms with Crippen molar-refractivity contribution in [2.24, 2.45) is 5.73 Å². The Balaban J connectivity index is 0.00000312. The van der Waals surface area contributed by atoms with Gasteiger partial charge in [-0.2, -0.15) is 0 Å². The number of hydrogen-bond donors (Lipinski definition) is 2. The molecule has 140 valence electrons. The molecule has 1 aromatic carbocycles. The van der Waals surface area contributed by atoms with Gasteiger partial charge in [0.15, 0.2) is 0 Å². The molecule has 3 N–H and O–H groups in total. The van der Waals surface area contributed by atoms with Crippen LogP contribution in [0.2, 0.25) is 0 Å². The van der Waals surface area contributed by atoms with Crippen molar-refractivity contribution in [1.29, 1.82) is 0 Å². The predicted molar refractivity (Wildman–Crippen MR) is 99.8 cm³/mol. The molecule has 2 atom stereocenters. The van der Waals surface area contributed by atoms with Crippen LogP contribution in [0, 0.1) is 0 Å². The molecule has 6 nitrogen and oxygen atoms in total. The zero-order valence-electron chi connectivity index (χ0n) is 14.9. The fourth-order valence-corrected chi connectivity index (χ4v) is 3.24. The number of rotatable bonds is 7. The highest BCUT2D eigenvalue weighted by Crippen LogP contribution is 2.29. The van der Waals surface area contributed by atoms with E-state index in [9.17, 15) is 9.59 Å². The zero-order valence-corrected chi connectivity index (χ0v) is 15.7. The number of nitrogens with two attached hydrogens (primary N) is 1. The van der Waals surface area contributed by atoms with Gasteiger partial charge in [0.05, 0.1) is 19.1 Å². The Morgan fingerprint density at radius 2 is 2.12 bits per heavy atom. The van der Waals surface area contributed by atoms with Crippen LogP contribution >= 0.6 is 12.4 Å². The number of amides is 2. The Bertz CT molecular complexity index is 582. The largest absolute Gasteiger partial charge is 0.494 e. The number of carbonyl (C=O) groups excluding carboxylic acids is 2. The highest BCUT2D eigenvalue weighted by Gasteiger charge is 2.30. The summed E-state index contributed by atoms with van der Waals surface area (Å²) in [5, 5.41) is 2.88. The number of likely N-dealkylation sites (tertiary alicyclic amines) is 1. The molecule has 0 aromatic heterocycles. The molecule has 0 spiro atoms. The Kier molecular flexibility index (Phi) is 8.72. The third kappa shape index (κ3) is 5.61. The third-order valence-electron chi connectivity index (χ3n) is 4.32. The molecule has 1 heterocycles. The van der Waals surface area contributed by atoms with Crippen LogP contribution in [0.5, 0.6) is 5.75 Å². The molecule has 1 fully saturated rings. The second-order valence-electron chi connectivity index (χ2n) is 6.05. The first kappa shape index (κ1) is 21.3. The summed E-state index contributed by atoms with van der Waals surface area (Å²) < 4.78 is 5.65. The molecule has 1 aromatic rings. The van der Waals surface area contributed by atoms with E-state index < -0.39 is 6.04 Å². The van der Waals surface area contributed by atoms with E-state index in [1.165, 1.54) is 6.92 Å². The molecule has 0 radical (unpaired) electrons. The lowest BCUT2D eigenvalue weighted by atomic mass is 10.0. The molecule has 25 heavy (non-hydrogen) atoms. The van der Waals surface area contributed by atoms with Crippen molar-refractivity contribution in [3.05, 3.63) is 29.8 Å². The monoisotopic (exact) mass is 369 g/mol. The second kappa shape index (κ2) is 10.3. The lowest BCUT2D eigenvalue weighted by molar-refractivity contribution is -0.132. The number of halogens is 1. The van der Waals surface area contributed by atoms with Gasteiger partial charge in [0.25, 0.3) is 0 Å². The average Bonchev–Trinajstić information content (AvgIpc) is 3.03. The van der Waals surface area contributed by atoms with E-state index >= 15 is 0 Å². The van der Waals surface area contributed by atoms with E-state index in [2.05, 4.69) is 5.32 Å². The maximum absolute atomic E-state index is 12.7. The Morgan fingerprint density at radius 1 is 1.40 bits per heavy atom. The zero-order chi connectivity index (χ0) is 17.5. The standard InChI is InChI=1S/C18H27N3O3.ClH/c1-3-24-17-9-5-4-8-15(17)16(20-13(2)22)11-18(23)21-10-6-7-14(21)12-19;/h4-5,8-9,14,16H,3,6-7,10-12,19H2,1-2H3,(H,20,22);1H. The molecular weight excluding hydrogens is 342 g/mol. The van der Waals surface area contributed by atoms with Gasteiger partial charge in [-0.25, -0.2) is 0 Å². The summed E-state index contributed by atoms with van der Waals surface area (Å²) in [5.41, 5.74) is 6.59. The van der Waals surface area contributed by atoms with Crippen molar-refractivity contribution < 1.29 is 14.3 Å². The van der Waals surface area contributed by atoms with Crippen LogP contribution < -0.4 is 15.8 Å². The van der Waals surface area contributed by atoms with Crippen LogP contribution in [0.25, 0.3) is 0 Å². The summed E-state index contributed by atoms with van der Waals surface area (Å²) in [6.45, 7) is 5.11. The summed E-state index contributed by atoms with van der Waals surface area (Å²) in [4.78, 5) is 26.2. The van der Waals surface area contributed by atoms with Gasteiger partial charge in [-0.15, -0.1) is 12.4 Å². The summed E-state index contributed by atoms with van der Waals surface area (Å²) in [7, 11) is 0. The predicted octanol–water partition coefficient (Wildman–Crippen LogP) is 2.02. The highest BCUT2D eigenvalue weighted by atomic mass is 35.5. The van der Waals surface area contributed by atoms with Gasteiger partial charge in [0.2, 0.25) is 11.8 Å². The molecule has 0 bridgehead atoms. The quantitative estimate of drug-likeness (QED) is 0.770. The van der Waals surface area contributed by atoms with Gasteiger partial charge in [0.1, 0.15) is 5.75 Å². The lowest BCUT2D eigenvalue weighted by Gasteiger charge is -2.27. The van der Waals surface area contributed by atoms with Crippen molar-refractivity contribution in [2.75, 3.05) is 19.7 Å². The number of ether oxygens (including phenoxy) is 1. The number of para-hydroxylation sites is 1. The third-order valence-corrected chi connectivity index (χ3v) is 4.32. The van der Waals surface area contributed by atoms with E-state index in [-0.39, 0.29) is 36.7 Å². The molecule has 1 aliphatic heterocycles. The molecular formula is C18H28ClN3O3. The van der Waals surface area contributed by atoms with Crippen LogP contribution in [0.3, 0.4) is 0 Å². The Labute approximate surface area is 155 Å². The van der Waals surface area contributed by atoms with Crippen molar-refractivity contribution in [1.82, 2.24) is 10.2 Å². The Hall–Kier alpha value is -1.79. The van der Waals surface area contributed by atoms with Gasteiger partial charge in [-0.1, -0.05) is 18.2 Å². The fraction of sp³-hybridized carbons (Fsp3) is 0.556. The molecule has 7 heteroatoms. The van der Waals surface area contributed by atoms with Crippen molar-refractivity contribution in [2.45, 2.75) is 45.2 Å². The molecule has 2 unspecified atom stereocenters. The highest BCUT2D eigenvalue weighted by molar-refractivity contribution is 5.85. The second-order valence-corrected chi connectivity index (χ2v) is 6.05. The van der Waals surface area contributed by atoms with Crippen molar-refractivity contribution in [3.8, 4) is 5.75 Å². The minimum atomic E-state index is -0.406. The van der Waals surface area contributed by atoms with Crippen LogP contribution in [-0.2, 0) is 9.59 Å². The maximum atomic E-state index is 12.7. The van der Waals surface area contributed by atoms with E-state index in [1.54, 1.807) is 0 Å². The maximum Gasteiger partial charge on any atom is 0.225 e. The van der Waals surface area contributed by atoms with Crippen molar-refractivity contribution >= 4 is 24.2 Å². The average molecular weight is 370 g/mol. The van der Waals surface area contributed by atoms with Crippen LogP contribution in [0.15, 0.2) is 24.3 Å². The van der Waals surface area contributed by atoms with E-state index in [1.807, 2.05) is 36.1 Å². The van der Waals surface area contributed by atoms with Gasteiger partial charge < -0.3 is 20.7 Å². The van der Waals surface area contributed by atoms with Crippen LogP contribution in [-0.4, -0.2) is 42.5 Å². The van der Waals surface area contributed by atoms with E-state index in [0.29, 0.717) is 18.9 Å². The summed E-state index contributed by atoms with van der Waals surface area (Å²) >= 11 is 0. The van der Waals surface area contributed by atoms with Crippen LogP contribution in [0.4, 0.5) is 0 Å². The Morgan fingerprint density at radius 3 is 2.76 bits per heavy atom. The molecule has 0 aliphatic carbocycles. The van der Waals surface area contributed by atoms with Gasteiger partial charge in [0, 0.05) is 31.6 Å². The smallest absolute Gasteiger partial charge is 0.225 e. The first-order chi connectivity index (χ1) is 11.6. The molecule has 1 aliphatic rings. The lowest BCUT2D eigenvalue weighted by Crippen LogP contribution is -2.41. The van der Waals surface area contributed by atoms with E-state index in [4.69, 9.17) is 10.5 Å². The van der Waals surface area contributed by atoms with Crippen molar-refractivity contribution in [3.63, 3.8) is 0 Å². The van der Waals surface area contributed by atoms with Crippen LogP contribution in [0.1, 0.15) is 44.7 Å². The van der Waals surface area contributed by atoms with E-state index in [0.717, 1.165) is 24.9 Å². The minimum Gasteiger partial charge on any atom is -0.494 e. The number of hydrogen-bond acceptors (Lipinski definition) is 4. The fourth-order valence-electron chi connectivity index (χ4n) is 3.24. The summed E-state index contributed by atoms with van der Waals surface area (Å²) in [6.07, 6.45) is 2.14. The number of benzene rings is 1. The molecule has 2 amide bonds. The normalized spacial score (nSPS) is 17.6. The van der Waals surface area contributed by atoms with Gasteiger partial charge >= 0.3 is 0 Å². The molecule has 0 saturated carbocycles. The summed E-state index contributed by atoms with van der Waals surface area (Å²) in [5.74, 6) is 0.548. The minimum absolute atomic E-state index is 0.